The van der Waals surface area contributed by atoms with E-state index in [-0.39, 0.29) is 5.82 Å². The topological polar surface area (TPSA) is 66.3 Å². The van der Waals surface area contributed by atoms with Gasteiger partial charge in [-0.25, -0.2) is 14.1 Å². The van der Waals surface area contributed by atoms with Gasteiger partial charge < -0.3 is 0 Å². The van der Waals surface area contributed by atoms with Crippen LogP contribution < -0.4 is 4.80 Å². The molecule has 0 saturated carbocycles. The maximum Gasteiger partial charge on any atom is 0.211 e. The smallest absolute Gasteiger partial charge is 0.211 e. The Morgan fingerprint density at radius 3 is 2.55 bits per heavy atom. The zero-order valence-electron chi connectivity index (χ0n) is 15.1. The fourth-order valence-electron chi connectivity index (χ4n) is 2.61. The molecule has 0 aliphatic rings. The van der Waals surface area contributed by atoms with Gasteiger partial charge in [0.05, 0.1) is 35.4 Å². The summed E-state index contributed by atoms with van der Waals surface area (Å²) in [5.74, 6) is -0.295. The zero-order valence-corrected chi connectivity index (χ0v) is 15.9. The number of hydrogen-bond acceptors (Lipinski definition) is 5. The Hall–Kier alpha value is -3.89. The van der Waals surface area contributed by atoms with Gasteiger partial charge >= 0.3 is 0 Å². The van der Waals surface area contributed by atoms with Crippen molar-refractivity contribution in [2.75, 3.05) is 0 Å². The van der Waals surface area contributed by atoms with E-state index in [2.05, 4.69) is 21.1 Å². The second kappa shape index (κ2) is 8.42. The molecule has 4 rings (SSSR count). The molecular weight excluding hydrogens is 385 g/mol. The third-order valence-electron chi connectivity index (χ3n) is 4.06. The fraction of sp³-hybridized carbons (Fsp3) is 0. The molecule has 0 aliphatic carbocycles. The molecule has 5 nitrogen and oxygen atoms in total. The summed E-state index contributed by atoms with van der Waals surface area (Å²) in [5, 5.41) is 15.5. The summed E-state index contributed by atoms with van der Waals surface area (Å²) in [6, 6.07) is 19.1. The highest BCUT2D eigenvalue weighted by Gasteiger charge is 2.08. The SMILES string of the molecule is N#Cc1ccc(/C=N/n2c(-c3ccc(F)cc3)csc2=Nc2cccnc2)cc1. The lowest BCUT2D eigenvalue weighted by molar-refractivity contribution is 0.628. The van der Waals surface area contributed by atoms with Gasteiger partial charge in [-0.3, -0.25) is 4.98 Å². The predicted octanol–water partition coefficient (Wildman–Crippen LogP) is 4.74. The van der Waals surface area contributed by atoms with Crippen LogP contribution in [0.15, 0.2) is 88.5 Å². The van der Waals surface area contributed by atoms with Crippen molar-refractivity contribution in [3.05, 3.63) is 100 Å². The van der Waals surface area contributed by atoms with Crippen LogP contribution >= 0.6 is 11.3 Å². The second-order valence-electron chi connectivity index (χ2n) is 6.02. The first-order valence-electron chi connectivity index (χ1n) is 8.69. The van der Waals surface area contributed by atoms with Crippen LogP contribution in [0.5, 0.6) is 0 Å². The Balaban J connectivity index is 1.80. The monoisotopic (exact) mass is 399 g/mol. The molecule has 0 aliphatic heterocycles. The average molecular weight is 399 g/mol. The Morgan fingerprint density at radius 1 is 1.07 bits per heavy atom. The molecule has 0 radical (unpaired) electrons. The number of rotatable bonds is 4. The normalized spacial score (nSPS) is 11.7. The van der Waals surface area contributed by atoms with Gasteiger partial charge in [0.2, 0.25) is 4.80 Å². The van der Waals surface area contributed by atoms with Crippen molar-refractivity contribution in [2.24, 2.45) is 10.1 Å². The lowest BCUT2D eigenvalue weighted by Gasteiger charge is -2.04. The van der Waals surface area contributed by atoms with E-state index < -0.39 is 0 Å². The lowest BCUT2D eigenvalue weighted by Crippen LogP contribution is -2.11. The summed E-state index contributed by atoms with van der Waals surface area (Å²) in [7, 11) is 0. The molecule has 7 heteroatoms. The largest absolute Gasteiger partial charge is 0.262 e. The van der Waals surface area contributed by atoms with E-state index >= 15 is 0 Å². The summed E-state index contributed by atoms with van der Waals surface area (Å²) < 4.78 is 15.1. The number of halogens is 1. The molecule has 0 spiro atoms. The Bertz CT molecular complexity index is 1250. The third-order valence-corrected chi connectivity index (χ3v) is 4.87. The number of benzene rings is 2. The molecule has 0 N–H and O–H groups in total. The Morgan fingerprint density at radius 2 is 1.86 bits per heavy atom. The molecule has 4 aromatic rings. The summed E-state index contributed by atoms with van der Waals surface area (Å²) in [5.41, 5.74) is 3.77. The molecule has 2 aromatic carbocycles. The van der Waals surface area contributed by atoms with Crippen LogP contribution in [-0.2, 0) is 0 Å². The van der Waals surface area contributed by atoms with Crippen LogP contribution in [0, 0.1) is 17.1 Å². The van der Waals surface area contributed by atoms with Crippen molar-refractivity contribution in [1.82, 2.24) is 9.66 Å². The van der Waals surface area contributed by atoms with Crippen molar-refractivity contribution in [3.63, 3.8) is 0 Å². The van der Waals surface area contributed by atoms with Crippen LogP contribution in [0.25, 0.3) is 11.3 Å². The maximum atomic E-state index is 13.3. The highest BCUT2D eigenvalue weighted by Crippen LogP contribution is 2.21. The minimum atomic E-state index is -0.295. The summed E-state index contributed by atoms with van der Waals surface area (Å²) in [4.78, 5) is 9.38. The van der Waals surface area contributed by atoms with Crippen molar-refractivity contribution in [2.45, 2.75) is 0 Å². The summed E-state index contributed by atoms with van der Waals surface area (Å²) in [6.45, 7) is 0. The van der Waals surface area contributed by atoms with Crippen molar-refractivity contribution >= 4 is 23.2 Å². The first kappa shape index (κ1) is 18.5. The van der Waals surface area contributed by atoms with E-state index in [9.17, 15) is 4.39 Å². The van der Waals surface area contributed by atoms with Gasteiger partial charge in [-0.05, 0) is 54.1 Å². The molecule has 0 atom stereocenters. The summed E-state index contributed by atoms with van der Waals surface area (Å²) >= 11 is 1.43. The molecule has 0 saturated heterocycles. The predicted molar refractivity (Wildman–Crippen MR) is 111 cm³/mol. The molecule has 0 unspecified atom stereocenters. The van der Waals surface area contributed by atoms with E-state index in [1.54, 1.807) is 47.5 Å². The number of aromatic nitrogens is 2. The van der Waals surface area contributed by atoms with Crippen LogP contribution in [0.1, 0.15) is 11.1 Å². The number of nitrogens with zero attached hydrogens (tertiary/aromatic N) is 5. The van der Waals surface area contributed by atoms with Crippen LogP contribution in [-0.4, -0.2) is 15.9 Å². The van der Waals surface area contributed by atoms with E-state index in [4.69, 9.17) is 5.26 Å². The standard InChI is InChI=1S/C22H14FN5S/c23-19-9-7-18(8-10-19)21-15-29-22(27-20-2-1-11-25-14-20)28(21)26-13-17-5-3-16(12-24)4-6-17/h1-11,13-15H/b26-13+,27-22?. The van der Waals surface area contributed by atoms with Crippen molar-refractivity contribution in [1.29, 1.82) is 5.26 Å². The first-order chi connectivity index (χ1) is 14.2. The minimum Gasteiger partial charge on any atom is -0.262 e. The van der Waals surface area contributed by atoms with Gasteiger partial charge in [0.15, 0.2) is 0 Å². The van der Waals surface area contributed by atoms with Gasteiger partial charge in [0.25, 0.3) is 0 Å². The van der Waals surface area contributed by atoms with Crippen LogP contribution in [0.2, 0.25) is 0 Å². The van der Waals surface area contributed by atoms with Crippen LogP contribution in [0.3, 0.4) is 0 Å². The third kappa shape index (κ3) is 4.34. The number of nitriles is 1. The number of pyridine rings is 1. The highest BCUT2D eigenvalue weighted by atomic mass is 32.1. The van der Waals surface area contributed by atoms with E-state index in [0.717, 1.165) is 16.8 Å². The van der Waals surface area contributed by atoms with Gasteiger partial charge in [0.1, 0.15) is 5.82 Å². The molecule has 29 heavy (non-hydrogen) atoms. The zero-order chi connectivity index (χ0) is 20.1. The average Bonchev–Trinajstić information content (AvgIpc) is 3.16. The summed E-state index contributed by atoms with van der Waals surface area (Å²) in [6.07, 6.45) is 5.06. The first-order valence-corrected chi connectivity index (χ1v) is 9.57. The molecule has 0 bridgehead atoms. The lowest BCUT2D eigenvalue weighted by atomic mass is 10.2. The van der Waals surface area contributed by atoms with Gasteiger partial charge in [-0.15, -0.1) is 11.3 Å². The Kier molecular flexibility index (Phi) is 5.36. The molecule has 140 valence electrons. The minimum absolute atomic E-state index is 0.295. The molecule has 2 aromatic heterocycles. The fourth-order valence-corrected chi connectivity index (χ4v) is 3.46. The second-order valence-corrected chi connectivity index (χ2v) is 6.86. The van der Waals surface area contributed by atoms with Gasteiger partial charge in [0, 0.05) is 17.1 Å². The van der Waals surface area contributed by atoms with E-state index in [0.29, 0.717) is 16.1 Å². The van der Waals surface area contributed by atoms with Gasteiger partial charge in [-0.2, -0.15) is 10.4 Å². The number of hydrogen-bond donors (Lipinski definition) is 0. The van der Waals surface area contributed by atoms with E-state index in [1.165, 1.54) is 23.5 Å². The quantitative estimate of drug-likeness (QED) is 0.465. The van der Waals surface area contributed by atoms with E-state index in [1.807, 2.05) is 29.6 Å². The van der Waals surface area contributed by atoms with Gasteiger partial charge in [-0.1, -0.05) is 12.1 Å². The van der Waals surface area contributed by atoms with Crippen LogP contribution in [0.4, 0.5) is 10.1 Å². The highest BCUT2D eigenvalue weighted by molar-refractivity contribution is 7.07. The number of thiazole rings is 1. The van der Waals surface area contributed by atoms with Crippen molar-refractivity contribution < 1.29 is 4.39 Å². The molecular formula is C22H14FN5S. The molecule has 2 heterocycles. The maximum absolute atomic E-state index is 13.3. The molecule has 0 amide bonds. The Labute approximate surface area is 170 Å². The molecule has 0 fully saturated rings. The van der Waals surface area contributed by atoms with Crippen molar-refractivity contribution in [3.8, 4) is 17.3 Å².